The Labute approximate surface area is 238 Å². The van der Waals surface area contributed by atoms with Gasteiger partial charge in [0.25, 0.3) is 0 Å². The molecule has 0 spiro atoms. The van der Waals surface area contributed by atoms with Crippen LogP contribution in [0.15, 0.2) is 0 Å². The standard InChI is InChI=1S/2C12H15F5O3Si/c2*1-4-18-21(19-5-2,20-6-3)12-10(16)8(14)7(13)9(15)11(12)17/h2*4-6H2,1-3H3. The first-order valence-corrected chi connectivity index (χ1v) is 16.0. The molecule has 18 heteroatoms. The highest BCUT2D eigenvalue weighted by atomic mass is 28.4. The molecule has 0 aromatic heterocycles. The van der Waals surface area contributed by atoms with Crippen LogP contribution in [-0.2, 0) is 26.6 Å². The first kappa shape index (κ1) is 38.0. The molecule has 240 valence electrons. The zero-order valence-electron chi connectivity index (χ0n) is 23.5. The summed E-state index contributed by atoms with van der Waals surface area (Å²) in [6.45, 7) is 8.49. The van der Waals surface area contributed by atoms with Crippen LogP contribution in [0.5, 0.6) is 0 Å². The quantitative estimate of drug-likeness (QED) is 0.119. The van der Waals surface area contributed by atoms with Gasteiger partial charge >= 0.3 is 17.6 Å². The van der Waals surface area contributed by atoms with Crippen LogP contribution < -0.4 is 10.4 Å². The van der Waals surface area contributed by atoms with Crippen LogP contribution in [0.2, 0.25) is 0 Å². The van der Waals surface area contributed by atoms with Crippen LogP contribution in [0.4, 0.5) is 43.9 Å². The van der Waals surface area contributed by atoms with Crippen molar-refractivity contribution >= 4 is 28.0 Å². The molecular formula is C24H30F10O6Si2. The van der Waals surface area contributed by atoms with Gasteiger partial charge in [0.2, 0.25) is 11.6 Å². The molecule has 0 aliphatic rings. The Hall–Kier alpha value is -2.07. The molecule has 0 N–H and O–H groups in total. The number of rotatable bonds is 14. The van der Waals surface area contributed by atoms with Gasteiger partial charge in [0.05, 0.1) is 0 Å². The summed E-state index contributed by atoms with van der Waals surface area (Å²) in [5.41, 5.74) is 0. The maximum atomic E-state index is 13.9. The van der Waals surface area contributed by atoms with Crippen molar-refractivity contribution in [3.8, 4) is 0 Å². The van der Waals surface area contributed by atoms with Crippen LogP contribution in [0.25, 0.3) is 0 Å². The minimum atomic E-state index is -4.24. The molecule has 0 aliphatic heterocycles. The van der Waals surface area contributed by atoms with Crippen LogP contribution in [-0.4, -0.2) is 57.3 Å². The first-order valence-electron chi connectivity index (χ1n) is 12.6. The van der Waals surface area contributed by atoms with E-state index < -0.39 is 86.2 Å². The number of hydrogen-bond donors (Lipinski definition) is 0. The second-order valence-corrected chi connectivity index (χ2v) is 12.6. The van der Waals surface area contributed by atoms with E-state index in [1.54, 1.807) is 0 Å². The fraction of sp³-hybridized carbons (Fsp3) is 0.500. The molecule has 2 rings (SSSR count). The zero-order valence-corrected chi connectivity index (χ0v) is 25.5. The fourth-order valence-corrected chi connectivity index (χ4v) is 8.73. The first-order chi connectivity index (χ1) is 19.7. The Kier molecular flexibility index (Phi) is 15.1. The van der Waals surface area contributed by atoms with Crippen molar-refractivity contribution in [1.29, 1.82) is 0 Å². The van der Waals surface area contributed by atoms with E-state index in [2.05, 4.69) is 0 Å². The maximum absolute atomic E-state index is 13.9. The number of hydrogen-bond acceptors (Lipinski definition) is 6. The minimum absolute atomic E-state index is 0.0777. The Bertz CT molecular complexity index is 1020. The molecule has 0 radical (unpaired) electrons. The summed E-state index contributed by atoms with van der Waals surface area (Å²) in [5, 5.41) is -2.33. The molecule has 0 bridgehead atoms. The lowest BCUT2D eigenvalue weighted by molar-refractivity contribution is 0.0830. The van der Waals surface area contributed by atoms with E-state index in [-0.39, 0.29) is 39.6 Å². The molecule has 0 atom stereocenters. The smallest absolute Gasteiger partial charge is 0.370 e. The Balaban J connectivity index is 0.000000420. The third-order valence-corrected chi connectivity index (χ3v) is 11.2. The predicted octanol–water partition coefficient (Wildman–Crippen LogP) is 5.28. The van der Waals surface area contributed by atoms with Gasteiger partial charge in [0.1, 0.15) is 10.4 Å². The van der Waals surface area contributed by atoms with Gasteiger partial charge in [-0.15, -0.1) is 0 Å². The highest BCUT2D eigenvalue weighted by Crippen LogP contribution is 2.23. The monoisotopic (exact) mass is 660 g/mol. The summed E-state index contributed by atoms with van der Waals surface area (Å²) in [7, 11) is -8.49. The molecule has 42 heavy (non-hydrogen) atoms. The Morgan fingerprint density at radius 3 is 0.595 bits per heavy atom. The van der Waals surface area contributed by atoms with E-state index in [1.165, 1.54) is 41.5 Å². The average molecular weight is 661 g/mol. The lowest BCUT2D eigenvalue weighted by atomic mass is 10.3. The predicted molar refractivity (Wildman–Crippen MR) is 133 cm³/mol. The van der Waals surface area contributed by atoms with E-state index in [0.717, 1.165) is 0 Å². The van der Waals surface area contributed by atoms with Gasteiger partial charge in [-0.3, -0.25) is 0 Å². The van der Waals surface area contributed by atoms with Gasteiger partial charge in [0.15, 0.2) is 46.5 Å². The molecule has 2 aromatic carbocycles. The maximum Gasteiger partial charge on any atom is 0.543 e. The summed E-state index contributed by atoms with van der Waals surface area (Å²) < 4.78 is 166. The van der Waals surface area contributed by atoms with Crippen molar-refractivity contribution in [3.05, 3.63) is 58.2 Å². The van der Waals surface area contributed by atoms with E-state index in [9.17, 15) is 43.9 Å². The van der Waals surface area contributed by atoms with E-state index in [0.29, 0.717) is 0 Å². The van der Waals surface area contributed by atoms with Crippen molar-refractivity contribution in [2.24, 2.45) is 0 Å². The largest absolute Gasteiger partial charge is 0.543 e. The van der Waals surface area contributed by atoms with E-state index >= 15 is 0 Å². The lowest BCUT2D eigenvalue weighted by Gasteiger charge is -2.29. The SMILES string of the molecule is CCO[Si](OCC)(OCC)c1c(F)c(F)c(F)c(F)c1F.CCO[Si](OCC)(OCC)c1c(F)c(F)c(F)c(F)c1F. The number of benzene rings is 2. The average Bonchev–Trinajstić information content (AvgIpc) is 2.94. The lowest BCUT2D eigenvalue weighted by Crippen LogP contribution is -2.60. The highest BCUT2D eigenvalue weighted by molar-refractivity contribution is 6.76. The van der Waals surface area contributed by atoms with Crippen LogP contribution >= 0.6 is 0 Å². The molecule has 0 saturated heterocycles. The Morgan fingerprint density at radius 1 is 0.310 bits per heavy atom. The second-order valence-electron chi connectivity index (χ2n) is 7.60. The molecule has 2 aromatic rings. The molecule has 0 heterocycles. The summed E-state index contributed by atoms with van der Waals surface area (Å²) >= 11 is 0. The van der Waals surface area contributed by atoms with Crippen molar-refractivity contribution < 1.29 is 70.5 Å². The molecule has 0 fully saturated rings. The van der Waals surface area contributed by atoms with Gasteiger partial charge in [-0.25, -0.2) is 43.9 Å². The zero-order chi connectivity index (χ0) is 32.4. The van der Waals surface area contributed by atoms with Crippen LogP contribution in [0, 0.1) is 58.2 Å². The molecule has 0 amide bonds. The summed E-state index contributed by atoms with van der Waals surface area (Å²) in [6.07, 6.45) is 0. The highest BCUT2D eigenvalue weighted by Gasteiger charge is 2.52. The topological polar surface area (TPSA) is 55.4 Å². The van der Waals surface area contributed by atoms with Gasteiger partial charge in [-0.2, -0.15) is 0 Å². The molecule has 0 aliphatic carbocycles. The van der Waals surface area contributed by atoms with Gasteiger partial charge < -0.3 is 26.6 Å². The van der Waals surface area contributed by atoms with E-state index in [1.807, 2.05) is 0 Å². The van der Waals surface area contributed by atoms with Crippen LogP contribution in [0.3, 0.4) is 0 Å². The number of halogens is 10. The third kappa shape index (κ3) is 7.71. The fourth-order valence-electron chi connectivity index (χ4n) is 3.57. The molecule has 6 nitrogen and oxygen atoms in total. The normalized spacial score (nSPS) is 12.0. The van der Waals surface area contributed by atoms with Crippen LogP contribution in [0.1, 0.15) is 41.5 Å². The summed E-state index contributed by atoms with van der Waals surface area (Å²) in [4.78, 5) is 0. The molecule has 0 unspecified atom stereocenters. The third-order valence-electron chi connectivity index (χ3n) is 5.04. The van der Waals surface area contributed by atoms with Gasteiger partial charge in [0, 0.05) is 39.6 Å². The van der Waals surface area contributed by atoms with E-state index in [4.69, 9.17) is 26.6 Å². The van der Waals surface area contributed by atoms with Crippen molar-refractivity contribution in [2.75, 3.05) is 39.6 Å². The second kappa shape index (κ2) is 16.7. The molecular weight excluding hydrogens is 630 g/mol. The summed E-state index contributed by atoms with van der Waals surface area (Å²) in [5.74, 6) is -20.7. The summed E-state index contributed by atoms with van der Waals surface area (Å²) in [6, 6.07) is 0. The van der Waals surface area contributed by atoms with Crippen molar-refractivity contribution in [2.45, 2.75) is 41.5 Å². The van der Waals surface area contributed by atoms with Gasteiger partial charge in [-0.05, 0) is 41.5 Å². The Morgan fingerprint density at radius 2 is 0.452 bits per heavy atom. The molecule has 0 saturated carbocycles. The minimum Gasteiger partial charge on any atom is -0.370 e. The van der Waals surface area contributed by atoms with Crippen molar-refractivity contribution in [1.82, 2.24) is 0 Å². The van der Waals surface area contributed by atoms with Crippen molar-refractivity contribution in [3.63, 3.8) is 0 Å². The van der Waals surface area contributed by atoms with Gasteiger partial charge in [-0.1, -0.05) is 0 Å².